The van der Waals surface area contributed by atoms with Crippen LogP contribution in [0.5, 0.6) is 0 Å². The summed E-state index contributed by atoms with van der Waals surface area (Å²) in [5.74, 6) is -0.853. The molecule has 4 aliphatic rings. The average Bonchev–Trinajstić information content (AvgIpc) is 3.65. The smallest absolute Gasteiger partial charge is 0.268 e. The van der Waals surface area contributed by atoms with E-state index >= 15 is 0 Å². The number of Topliss-reactive ketones (excluding diaryl/α,β-unsaturated/α-hetero) is 2. The molecule has 1 aromatic heterocycles. The Morgan fingerprint density at radius 1 is 1.09 bits per heavy atom. The van der Waals surface area contributed by atoms with E-state index in [9.17, 15) is 27.6 Å². The highest BCUT2D eigenvalue weighted by molar-refractivity contribution is 7.86. The summed E-state index contributed by atoms with van der Waals surface area (Å²) in [6, 6.07) is 5.60. The lowest BCUT2D eigenvalue weighted by atomic mass is 9.70. The van der Waals surface area contributed by atoms with E-state index in [-0.39, 0.29) is 58.9 Å². The van der Waals surface area contributed by atoms with Crippen molar-refractivity contribution in [3.05, 3.63) is 45.4 Å². The van der Waals surface area contributed by atoms with E-state index < -0.39 is 15.5 Å². The molecule has 4 unspecified atom stereocenters. The van der Waals surface area contributed by atoms with Gasteiger partial charge in [-0.2, -0.15) is 8.42 Å². The van der Waals surface area contributed by atoms with E-state index in [2.05, 4.69) is 15.6 Å². The van der Waals surface area contributed by atoms with Crippen LogP contribution in [0.15, 0.2) is 23.6 Å². The lowest BCUT2D eigenvalue weighted by Crippen LogP contribution is -2.42. The second kappa shape index (κ2) is 11.2. The van der Waals surface area contributed by atoms with Gasteiger partial charge < -0.3 is 5.32 Å². The summed E-state index contributed by atoms with van der Waals surface area (Å²) >= 11 is 1.39. The van der Waals surface area contributed by atoms with Crippen LogP contribution in [0.2, 0.25) is 0 Å². The van der Waals surface area contributed by atoms with Gasteiger partial charge in [0.05, 0.1) is 23.4 Å². The fourth-order valence-electron chi connectivity index (χ4n) is 7.68. The third kappa shape index (κ3) is 5.57. The Hall–Kier alpha value is -2.96. The predicted molar refractivity (Wildman–Crippen MR) is 160 cm³/mol. The van der Waals surface area contributed by atoms with Crippen molar-refractivity contribution < 1.29 is 31.8 Å². The molecule has 1 aromatic carbocycles. The summed E-state index contributed by atoms with van der Waals surface area (Å²) in [6.45, 7) is 4.22. The lowest BCUT2D eigenvalue weighted by molar-refractivity contribution is -0.136. The quantitative estimate of drug-likeness (QED) is 0.276. The van der Waals surface area contributed by atoms with Crippen molar-refractivity contribution in [1.82, 2.24) is 10.3 Å². The number of ketones is 2. The number of rotatable bonds is 11. The molecule has 2 heterocycles. The zero-order valence-electron chi connectivity index (χ0n) is 24.4. The fourth-order valence-corrected chi connectivity index (χ4v) is 10.1. The van der Waals surface area contributed by atoms with Crippen LogP contribution in [0.25, 0.3) is 0 Å². The van der Waals surface area contributed by atoms with Crippen molar-refractivity contribution in [3.63, 3.8) is 0 Å². The van der Waals surface area contributed by atoms with Gasteiger partial charge in [0.25, 0.3) is 10.1 Å². The molecule has 10 nitrogen and oxygen atoms in total. The normalized spacial score (nSPS) is 27.9. The van der Waals surface area contributed by atoms with Crippen molar-refractivity contribution in [2.75, 3.05) is 11.1 Å². The molecule has 230 valence electrons. The highest BCUT2D eigenvalue weighted by Crippen LogP contribution is 2.64. The standard InChI is InChI=1S/C31H37N3O7S2/c1-30(2)20-10-11-31(30,25(35)13-20)17-43(39,40)41-15-21-16-42-27(33-21)14-32-24-5-3-4-22-23(24)12-19(28(22)37)7-6-18-8-9-26(36)34-29(18)38/h3-5,16,18-20,32H,6-15,17H2,1-2H3,(H,34,36,38). The van der Waals surface area contributed by atoms with E-state index in [0.717, 1.165) is 22.7 Å². The van der Waals surface area contributed by atoms with Gasteiger partial charge in [0, 0.05) is 41.3 Å². The van der Waals surface area contributed by atoms with Gasteiger partial charge >= 0.3 is 0 Å². The maximum absolute atomic E-state index is 13.1. The highest BCUT2D eigenvalue weighted by atomic mass is 32.2. The monoisotopic (exact) mass is 627 g/mol. The summed E-state index contributed by atoms with van der Waals surface area (Å²) in [5, 5.41) is 8.29. The van der Waals surface area contributed by atoms with Crippen LogP contribution in [-0.4, -0.2) is 42.5 Å². The largest absolute Gasteiger partial charge is 0.378 e. The number of nitrogens with one attached hydrogen (secondary N) is 2. The van der Waals surface area contributed by atoms with E-state index in [1.54, 1.807) is 5.38 Å². The minimum absolute atomic E-state index is 0.0395. The topological polar surface area (TPSA) is 149 Å². The van der Waals surface area contributed by atoms with Gasteiger partial charge in [0.2, 0.25) is 11.8 Å². The number of thiazole rings is 1. The van der Waals surface area contributed by atoms with Crippen LogP contribution in [0, 0.1) is 28.6 Å². The minimum Gasteiger partial charge on any atom is -0.378 e. The number of hydrogen-bond donors (Lipinski definition) is 2. The molecule has 2 saturated carbocycles. The number of benzene rings is 1. The van der Waals surface area contributed by atoms with Crippen LogP contribution < -0.4 is 10.6 Å². The van der Waals surface area contributed by atoms with Crippen LogP contribution in [-0.2, 0) is 48.3 Å². The molecule has 1 aliphatic heterocycles. The molecule has 2 aromatic rings. The summed E-state index contributed by atoms with van der Waals surface area (Å²) in [6.07, 6.45) is 4.52. The summed E-state index contributed by atoms with van der Waals surface area (Å²) < 4.78 is 31.3. The van der Waals surface area contributed by atoms with Crippen LogP contribution in [0.4, 0.5) is 5.69 Å². The number of hydrogen-bond acceptors (Lipinski definition) is 10. The number of carbonyl (C=O) groups excluding carboxylic acids is 4. The lowest BCUT2D eigenvalue weighted by Gasteiger charge is -2.35. The van der Waals surface area contributed by atoms with E-state index in [1.165, 1.54) is 11.3 Å². The molecule has 2 bridgehead atoms. The molecule has 2 amide bonds. The Balaban J connectivity index is 1.03. The second-order valence-corrected chi connectivity index (χ2v) is 15.6. The van der Waals surface area contributed by atoms with Crippen molar-refractivity contribution in [2.45, 2.75) is 78.4 Å². The zero-order chi connectivity index (χ0) is 30.6. The Kier molecular flexibility index (Phi) is 7.83. The Bertz CT molecular complexity index is 1600. The maximum Gasteiger partial charge on any atom is 0.268 e. The van der Waals surface area contributed by atoms with Gasteiger partial charge in [-0.15, -0.1) is 11.3 Å². The third-order valence-electron chi connectivity index (χ3n) is 10.5. The summed E-state index contributed by atoms with van der Waals surface area (Å²) in [5.41, 5.74) is 1.78. The number of anilines is 1. The average molecular weight is 628 g/mol. The third-order valence-corrected chi connectivity index (χ3v) is 12.7. The van der Waals surface area contributed by atoms with E-state index in [0.29, 0.717) is 62.7 Å². The number of imide groups is 1. The van der Waals surface area contributed by atoms with Gasteiger partial charge in [0.1, 0.15) is 17.4 Å². The zero-order valence-corrected chi connectivity index (χ0v) is 26.1. The van der Waals surface area contributed by atoms with Crippen molar-refractivity contribution in [2.24, 2.45) is 28.6 Å². The van der Waals surface area contributed by atoms with Crippen LogP contribution in [0.3, 0.4) is 0 Å². The summed E-state index contributed by atoms with van der Waals surface area (Å²) in [4.78, 5) is 54.0. The molecule has 12 heteroatoms. The number of nitrogens with zero attached hydrogens (tertiary/aromatic N) is 1. The molecule has 3 fully saturated rings. The Morgan fingerprint density at radius 3 is 2.60 bits per heavy atom. The molecule has 0 spiro atoms. The maximum atomic E-state index is 13.1. The van der Waals surface area contributed by atoms with Crippen LogP contribution >= 0.6 is 11.3 Å². The van der Waals surface area contributed by atoms with Crippen molar-refractivity contribution >= 4 is 50.5 Å². The first-order chi connectivity index (χ1) is 20.4. The SMILES string of the molecule is CC1(C)C2CCC1(CS(=O)(=O)OCc1csc(CNc3cccc4c3CC(CCC3CCC(=O)NC3=O)C4=O)n1)C(=O)C2. The first kappa shape index (κ1) is 30.1. The molecule has 1 saturated heterocycles. The predicted octanol–water partition coefficient (Wildman–Crippen LogP) is 4.19. The molecule has 0 radical (unpaired) electrons. The Labute approximate surface area is 255 Å². The van der Waals surface area contributed by atoms with E-state index in [4.69, 9.17) is 4.18 Å². The second-order valence-electron chi connectivity index (χ2n) is 13.0. The molecule has 2 N–H and O–H groups in total. The first-order valence-electron chi connectivity index (χ1n) is 15.0. The molecule has 4 atom stereocenters. The number of fused-ring (bicyclic) bond motifs is 3. The van der Waals surface area contributed by atoms with E-state index in [1.807, 2.05) is 32.0 Å². The molecule has 3 aliphatic carbocycles. The van der Waals surface area contributed by atoms with Gasteiger partial charge in [-0.1, -0.05) is 26.0 Å². The molecular formula is C31H37N3O7S2. The fraction of sp³-hybridized carbons (Fsp3) is 0.581. The number of piperidine rings is 1. The van der Waals surface area contributed by atoms with Crippen molar-refractivity contribution in [3.8, 4) is 0 Å². The van der Waals surface area contributed by atoms with Gasteiger partial charge in [-0.3, -0.25) is 28.7 Å². The van der Waals surface area contributed by atoms with Gasteiger partial charge in [0.15, 0.2) is 5.78 Å². The molecule has 43 heavy (non-hydrogen) atoms. The molecule has 6 rings (SSSR count). The first-order valence-corrected chi connectivity index (χ1v) is 17.4. The highest BCUT2D eigenvalue weighted by Gasteiger charge is 2.65. The number of carbonyl (C=O) groups is 4. The number of amides is 2. The number of aromatic nitrogens is 1. The van der Waals surface area contributed by atoms with Gasteiger partial charge in [-0.25, -0.2) is 4.98 Å². The minimum atomic E-state index is -3.93. The van der Waals surface area contributed by atoms with Gasteiger partial charge in [-0.05, 0) is 61.5 Å². The summed E-state index contributed by atoms with van der Waals surface area (Å²) in [7, 11) is -3.93. The van der Waals surface area contributed by atoms with Crippen LogP contribution in [0.1, 0.15) is 85.4 Å². The molecular weight excluding hydrogens is 590 g/mol. The van der Waals surface area contributed by atoms with Crippen molar-refractivity contribution in [1.29, 1.82) is 0 Å². The Morgan fingerprint density at radius 2 is 1.88 bits per heavy atom.